The Bertz CT molecular complexity index is 667. The highest BCUT2D eigenvalue weighted by atomic mass is 79.9. The minimum absolute atomic E-state index is 0.0393. The predicted octanol–water partition coefficient (Wildman–Crippen LogP) is 4.64. The van der Waals surface area contributed by atoms with E-state index in [9.17, 15) is 4.79 Å². The lowest BCUT2D eigenvalue weighted by Gasteiger charge is -2.13. The summed E-state index contributed by atoms with van der Waals surface area (Å²) < 4.78 is 0.932. The van der Waals surface area contributed by atoms with E-state index in [4.69, 9.17) is 11.6 Å². The molecular formula is C14H11BrClNOS. The second kappa shape index (κ2) is 4.93. The van der Waals surface area contributed by atoms with Gasteiger partial charge in [-0.25, -0.2) is 0 Å². The molecule has 1 aliphatic heterocycles. The molecule has 0 spiro atoms. The highest BCUT2D eigenvalue weighted by Gasteiger charge is 2.23. The summed E-state index contributed by atoms with van der Waals surface area (Å²) in [4.78, 5) is 12.6. The zero-order chi connectivity index (χ0) is 13.6. The smallest absolute Gasteiger partial charge is 0.228 e. The number of fused-ring (bicyclic) bond motifs is 1. The van der Waals surface area contributed by atoms with Crippen LogP contribution in [-0.4, -0.2) is 5.91 Å². The zero-order valence-electron chi connectivity index (χ0n) is 10.2. The quantitative estimate of drug-likeness (QED) is 0.780. The number of anilines is 1. The average molecular weight is 357 g/mol. The fraction of sp³-hybridized carbons (Fsp3) is 0.214. The number of halogens is 2. The van der Waals surface area contributed by atoms with Crippen molar-refractivity contribution in [3.05, 3.63) is 49.6 Å². The van der Waals surface area contributed by atoms with Gasteiger partial charge in [0.15, 0.2) is 0 Å². The van der Waals surface area contributed by atoms with Crippen molar-refractivity contribution in [2.45, 2.75) is 18.7 Å². The zero-order valence-corrected chi connectivity index (χ0v) is 13.3. The number of hydrogen-bond acceptors (Lipinski definition) is 2. The van der Waals surface area contributed by atoms with E-state index < -0.39 is 0 Å². The Morgan fingerprint density at radius 1 is 1.47 bits per heavy atom. The van der Waals surface area contributed by atoms with Gasteiger partial charge in [0.1, 0.15) is 0 Å². The molecule has 1 aromatic carbocycles. The van der Waals surface area contributed by atoms with Crippen LogP contribution in [0.5, 0.6) is 0 Å². The first-order valence-corrected chi connectivity index (χ1v) is 7.97. The van der Waals surface area contributed by atoms with Crippen LogP contribution in [0.1, 0.15) is 26.9 Å². The Kier molecular flexibility index (Phi) is 3.41. The lowest BCUT2D eigenvalue weighted by molar-refractivity contribution is -0.115. The highest BCUT2D eigenvalue weighted by Crippen LogP contribution is 2.41. The molecule has 0 aliphatic carbocycles. The Balaban J connectivity index is 2.05. The molecule has 2 heterocycles. The van der Waals surface area contributed by atoms with Crippen LogP contribution < -0.4 is 5.32 Å². The molecule has 1 aliphatic rings. The fourth-order valence-corrected chi connectivity index (χ4v) is 4.38. The Hall–Kier alpha value is -0.840. The molecule has 0 fully saturated rings. The first-order chi connectivity index (χ1) is 9.06. The average Bonchev–Trinajstić information content (AvgIpc) is 2.92. The number of benzene rings is 1. The summed E-state index contributed by atoms with van der Waals surface area (Å²) in [6.07, 6.45) is 0.433. The van der Waals surface area contributed by atoms with E-state index in [0.29, 0.717) is 6.42 Å². The maximum atomic E-state index is 11.4. The van der Waals surface area contributed by atoms with E-state index in [-0.39, 0.29) is 11.3 Å². The summed E-state index contributed by atoms with van der Waals surface area (Å²) in [5.74, 6) is 0.0393. The number of carbonyl (C=O) groups excluding carboxylic acids is 1. The van der Waals surface area contributed by atoms with Crippen molar-refractivity contribution in [2.75, 3.05) is 5.32 Å². The van der Waals surface area contributed by atoms with E-state index in [1.165, 1.54) is 5.56 Å². The molecule has 5 heteroatoms. The van der Waals surface area contributed by atoms with Crippen LogP contribution in [0.25, 0.3) is 0 Å². The van der Waals surface area contributed by atoms with Crippen molar-refractivity contribution in [1.82, 2.24) is 0 Å². The third-order valence-electron chi connectivity index (χ3n) is 3.25. The molecule has 0 radical (unpaired) electrons. The van der Waals surface area contributed by atoms with Gasteiger partial charge in [0, 0.05) is 15.0 Å². The summed E-state index contributed by atoms with van der Waals surface area (Å²) in [5, 5.41) is 4.70. The van der Waals surface area contributed by atoms with Crippen LogP contribution in [-0.2, 0) is 11.2 Å². The first kappa shape index (κ1) is 13.2. The molecule has 1 unspecified atom stereocenters. The van der Waals surface area contributed by atoms with E-state index >= 15 is 0 Å². The van der Waals surface area contributed by atoms with E-state index in [1.807, 2.05) is 17.5 Å². The molecule has 0 saturated carbocycles. The number of thiophene rings is 1. The van der Waals surface area contributed by atoms with Gasteiger partial charge in [-0.15, -0.1) is 22.9 Å². The molecule has 3 rings (SSSR count). The number of rotatable bonds is 2. The molecule has 1 atom stereocenters. The van der Waals surface area contributed by atoms with Gasteiger partial charge in [-0.2, -0.15) is 0 Å². The third-order valence-corrected chi connectivity index (χ3v) is 5.61. The number of alkyl halides is 1. The molecule has 0 bridgehead atoms. The van der Waals surface area contributed by atoms with Gasteiger partial charge in [-0.1, -0.05) is 22.0 Å². The summed E-state index contributed by atoms with van der Waals surface area (Å²) >= 11 is 11.8. The maximum Gasteiger partial charge on any atom is 0.228 e. The van der Waals surface area contributed by atoms with Crippen LogP contribution in [0.15, 0.2) is 28.1 Å². The number of nitrogens with one attached hydrogen (secondary N) is 1. The van der Waals surface area contributed by atoms with E-state index in [1.54, 1.807) is 11.3 Å². The van der Waals surface area contributed by atoms with Crippen LogP contribution in [0.2, 0.25) is 0 Å². The highest BCUT2D eigenvalue weighted by molar-refractivity contribution is 9.10. The first-order valence-electron chi connectivity index (χ1n) is 5.86. The summed E-state index contributed by atoms with van der Waals surface area (Å²) in [6.45, 7) is 2.06. The van der Waals surface area contributed by atoms with Gasteiger partial charge in [-0.05, 0) is 41.1 Å². The lowest BCUT2D eigenvalue weighted by atomic mass is 10.0. The van der Waals surface area contributed by atoms with E-state index in [2.05, 4.69) is 34.2 Å². The van der Waals surface area contributed by atoms with Gasteiger partial charge in [0.05, 0.1) is 11.8 Å². The van der Waals surface area contributed by atoms with Crippen molar-refractivity contribution in [3.8, 4) is 0 Å². The van der Waals surface area contributed by atoms with Gasteiger partial charge < -0.3 is 5.32 Å². The van der Waals surface area contributed by atoms with Gasteiger partial charge >= 0.3 is 0 Å². The van der Waals surface area contributed by atoms with Crippen molar-refractivity contribution in [1.29, 1.82) is 0 Å². The predicted molar refractivity (Wildman–Crippen MR) is 83.2 cm³/mol. The summed E-state index contributed by atoms with van der Waals surface area (Å²) in [5.41, 5.74) is 4.12. The number of aryl methyl sites for hydroxylation is 1. The SMILES string of the molecule is Cc1ccsc1C(Cl)c1cc2c(cc1Br)NC(=O)C2. The monoisotopic (exact) mass is 355 g/mol. The van der Waals surface area contributed by atoms with Crippen LogP contribution in [0.4, 0.5) is 5.69 Å². The van der Waals surface area contributed by atoms with Crippen LogP contribution in [0, 0.1) is 6.92 Å². The molecule has 2 aromatic rings. The molecule has 0 saturated heterocycles. The largest absolute Gasteiger partial charge is 0.325 e. The molecule has 19 heavy (non-hydrogen) atoms. The lowest BCUT2D eigenvalue weighted by Crippen LogP contribution is -2.03. The van der Waals surface area contributed by atoms with Gasteiger partial charge in [0.2, 0.25) is 5.91 Å². The maximum absolute atomic E-state index is 11.4. The summed E-state index contributed by atoms with van der Waals surface area (Å²) in [7, 11) is 0. The Labute approximate surface area is 128 Å². The Morgan fingerprint density at radius 3 is 2.95 bits per heavy atom. The Morgan fingerprint density at radius 2 is 2.26 bits per heavy atom. The number of carbonyl (C=O) groups is 1. The van der Waals surface area contributed by atoms with Crippen molar-refractivity contribution < 1.29 is 4.79 Å². The van der Waals surface area contributed by atoms with Crippen molar-refractivity contribution in [3.63, 3.8) is 0 Å². The van der Waals surface area contributed by atoms with Gasteiger partial charge in [0.25, 0.3) is 0 Å². The van der Waals surface area contributed by atoms with Crippen molar-refractivity contribution >= 4 is 50.5 Å². The van der Waals surface area contributed by atoms with E-state index in [0.717, 1.165) is 26.2 Å². The van der Waals surface area contributed by atoms with Crippen LogP contribution >= 0.6 is 38.9 Å². The van der Waals surface area contributed by atoms with Crippen molar-refractivity contribution in [2.24, 2.45) is 0 Å². The molecule has 1 N–H and O–H groups in total. The molecule has 1 aromatic heterocycles. The number of amides is 1. The molecule has 1 amide bonds. The molecule has 98 valence electrons. The fourth-order valence-electron chi connectivity index (χ4n) is 2.25. The number of hydrogen-bond donors (Lipinski definition) is 1. The van der Waals surface area contributed by atoms with Crippen LogP contribution in [0.3, 0.4) is 0 Å². The van der Waals surface area contributed by atoms with Gasteiger partial charge in [-0.3, -0.25) is 4.79 Å². The topological polar surface area (TPSA) is 29.1 Å². The second-order valence-corrected chi connectivity index (χ2v) is 6.82. The standard InChI is InChI=1S/C14H11BrClNOS/c1-7-2-3-19-14(7)13(16)9-4-8-5-12(18)17-11(8)6-10(9)15/h2-4,6,13H,5H2,1H3,(H,17,18). The third kappa shape index (κ3) is 2.33. The molecular weight excluding hydrogens is 346 g/mol. The minimum Gasteiger partial charge on any atom is -0.325 e. The normalized spacial score (nSPS) is 15.2. The second-order valence-electron chi connectivity index (χ2n) is 4.59. The summed E-state index contributed by atoms with van der Waals surface area (Å²) in [6, 6.07) is 6.03. The minimum atomic E-state index is -0.185. The molecule has 2 nitrogen and oxygen atoms in total.